The fourth-order valence-corrected chi connectivity index (χ4v) is 5.78. The van der Waals surface area contributed by atoms with E-state index in [2.05, 4.69) is 22.4 Å². The Morgan fingerprint density at radius 2 is 1.88 bits per heavy atom. The van der Waals surface area contributed by atoms with E-state index in [9.17, 15) is 18.7 Å². The molecule has 4 N–H and O–H groups in total. The highest BCUT2D eigenvalue weighted by molar-refractivity contribution is 5.99. The number of alkyl halides is 2. The van der Waals surface area contributed by atoms with Gasteiger partial charge in [0, 0.05) is 36.3 Å². The van der Waals surface area contributed by atoms with E-state index < -0.39 is 19.4 Å². The van der Waals surface area contributed by atoms with Crippen LogP contribution >= 0.6 is 0 Å². The molecule has 6 nitrogen and oxygen atoms in total. The van der Waals surface area contributed by atoms with Crippen molar-refractivity contribution in [3.8, 4) is 11.1 Å². The molecule has 0 unspecified atom stereocenters. The maximum atomic E-state index is 13.1. The number of nitrogens with two attached hydrogens (primary N) is 1. The van der Waals surface area contributed by atoms with Crippen molar-refractivity contribution in [2.24, 2.45) is 5.92 Å². The van der Waals surface area contributed by atoms with Crippen molar-refractivity contribution in [3.63, 3.8) is 0 Å². The molecule has 0 spiro atoms. The summed E-state index contributed by atoms with van der Waals surface area (Å²) in [6.07, 6.45) is 5.32. The molecular formula is C26H32F2N4O2. The molecule has 1 saturated heterocycles. The summed E-state index contributed by atoms with van der Waals surface area (Å²) in [5, 5.41) is 12.7. The van der Waals surface area contributed by atoms with E-state index in [1.807, 2.05) is 17.0 Å². The zero-order chi connectivity index (χ0) is 23.9. The molecular weight excluding hydrogens is 438 g/mol. The van der Waals surface area contributed by atoms with E-state index in [1.54, 1.807) is 12.3 Å². The number of rotatable bonds is 7. The summed E-state index contributed by atoms with van der Waals surface area (Å²) in [5.74, 6) is 0.397. The standard InChI is InChI=1S/C26H32F2N4O2/c27-11-21(12-28)32-14-19-10-26(19,15-32)18-3-1-16(2-4-18)17-9-23(24(29)30-13-17)25(34)31-20-5-7-22(33)8-6-20/h1-4,9,13,19-22,33H,5-8,10-12,14-15H2,(H2,29,30)(H,31,34)/t19-,20?,22?,26+/m1/s1. The monoisotopic (exact) mass is 470 g/mol. The first-order valence-electron chi connectivity index (χ1n) is 12.1. The van der Waals surface area contributed by atoms with Crippen LogP contribution in [0.25, 0.3) is 11.1 Å². The Kier molecular flexibility index (Phi) is 6.29. The minimum absolute atomic E-state index is 0.000887. The van der Waals surface area contributed by atoms with Gasteiger partial charge in [0.05, 0.1) is 17.7 Å². The Labute approximate surface area is 198 Å². The summed E-state index contributed by atoms with van der Waals surface area (Å²) in [4.78, 5) is 19.1. The normalized spacial score (nSPS) is 28.6. The molecule has 1 aliphatic heterocycles. The van der Waals surface area contributed by atoms with Crippen LogP contribution in [0.3, 0.4) is 0 Å². The number of aliphatic hydroxyl groups is 1. The summed E-state index contributed by atoms with van der Waals surface area (Å²) in [6, 6.07) is 9.37. The molecule has 2 heterocycles. The van der Waals surface area contributed by atoms with Crippen molar-refractivity contribution >= 4 is 11.7 Å². The van der Waals surface area contributed by atoms with Crippen LogP contribution < -0.4 is 11.1 Å². The number of nitrogen functional groups attached to an aromatic ring is 1. The van der Waals surface area contributed by atoms with E-state index in [0.717, 1.165) is 36.9 Å². The Balaban J connectivity index is 1.29. The SMILES string of the molecule is Nc1ncc(-c2ccc([C@@]34C[C@@H]3CN(C(CF)CF)C4)cc2)cc1C(=O)NC1CCC(O)CC1. The number of benzene rings is 1. The second kappa shape index (κ2) is 9.23. The van der Waals surface area contributed by atoms with Crippen molar-refractivity contribution in [2.75, 3.05) is 32.2 Å². The number of fused-ring (bicyclic) bond motifs is 1. The highest BCUT2D eigenvalue weighted by Gasteiger charge is 2.61. The van der Waals surface area contributed by atoms with Crippen LogP contribution in [-0.2, 0) is 5.41 Å². The van der Waals surface area contributed by atoms with Crippen LogP contribution in [-0.4, -0.2) is 65.5 Å². The van der Waals surface area contributed by atoms with Gasteiger partial charge in [0.2, 0.25) is 0 Å². The fraction of sp³-hybridized carbons (Fsp3) is 0.538. The first-order valence-corrected chi connectivity index (χ1v) is 12.1. The van der Waals surface area contributed by atoms with Crippen LogP contribution in [0, 0.1) is 5.92 Å². The number of carbonyl (C=O) groups is 1. The number of piperidine rings is 1. The van der Waals surface area contributed by atoms with E-state index in [-0.39, 0.29) is 29.3 Å². The number of aromatic nitrogens is 1. The van der Waals surface area contributed by atoms with Gasteiger partial charge in [0.1, 0.15) is 19.2 Å². The third-order valence-electron chi connectivity index (χ3n) is 8.03. The van der Waals surface area contributed by atoms with Crippen LogP contribution in [0.15, 0.2) is 36.5 Å². The smallest absolute Gasteiger partial charge is 0.255 e. The molecule has 3 fully saturated rings. The Morgan fingerprint density at radius 3 is 2.56 bits per heavy atom. The summed E-state index contributed by atoms with van der Waals surface area (Å²) < 4.78 is 26.3. The predicted molar refractivity (Wildman–Crippen MR) is 127 cm³/mol. The van der Waals surface area contributed by atoms with Crippen LogP contribution in [0.2, 0.25) is 0 Å². The van der Waals surface area contributed by atoms with Gasteiger partial charge in [-0.25, -0.2) is 13.8 Å². The van der Waals surface area contributed by atoms with Gasteiger partial charge in [0.15, 0.2) is 0 Å². The lowest BCUT2D eigenvalue weighted by Gasteiger charge is -2.26. The minimum atomic E-state index is -0.652. The van der Waals surface area contributed by atoms with E-state index >= 15 is 0 Å². The average Bonchev–Trinajstić information content (AvgIpc) is 3.42. The van der Waals surface area contributed by atoms with E-state index in [1.165, 1.54) is 5.56 Å². The van der Waals surface area contributed by atoms with Crippen molar-refractivity contribution in [3.05, 3.63) is 47.7 Å². The van der Waals surface area contributed by atoms with Crippen molar-refractivity contribution in [1.82, 2.24) is 15.2 Å². The molecule has 0 radical (unpaired) electrons. The number of pyridine rings is 1. The molecule has 2 atom stereocenters. The van der Waals surface area contributed by atoms with Crippen LogP contribution in [0.4, 0.5) is 14.6 Å². The molecule has 3 aliphatic rings. The lowest BCUT2D eigenvalue weighted by molar-refractivity contribution is 0.0868. The largest absolute Gasteiger partial charge is 0.393 e. The quantitative estimate of drug-likeness (QED) is 0.578. The Hall–Kier alpha value is -2.58. The number of hydrogen-bond acceptors (Lipinski definition) is 5. The zero-order valence-electron chi connectivity index (χ0n) is 19.2. The molecule has 1 aromatic carbocycles. The second-order valence-corrected chi connectivity index (χ2v) is 10.2. The Morgan fingerprint density at radius 1 is 1.18 bits per heavy atom. The maximum Gasteiger partial charge on any atom is 0.255 e. The van der Waals surface area contributed by atoms with Gasteiger partial charge < -0.3 is 16.2 Å². The lowest BCUT2D eigenvalue weighted by atomic mass is 9.92. The minimum Gasteiger partial charge on any atom is -0.393 e. The van der Waals surface area contributed by atoms with Crippen molar-refractivity contribution in [1.29, 1.82) is 0 Å². The first kappa shape index (κ1) is 23.2. The molecule has 2 aliphatic carbocycles. The molecule has 2 aromatic rings. The van der Waals surface area contributed by atoms with Crippen molar-refractivity contribution in [2.45, 2.75) is 55.7 Å². The number of aliphatic hydroxyl groups excluding tert-OH is 1. The lowest BCUT2D eigenvalue weighted by Crippen LogP contribution is -2.39. The number of hydrogen-bond donors (Lipinski definition) is 3. The Bertz CT molecular complexity index is 1040. The number of anilines is 1. The highest BCUT2D eigenvalue weighted by Crippen LogP contribution is 2.59. The summed E-state index contributed by atoms with van der Waals surface area (Å²) in [5.41, 5.74) is 9.29. The maximum absolute atomic E-state index is 13.1. The topological polar surface area (TPSA) is 91.5 Å². The fourth-order valence-electron chi connectivity index (χ4n) is 5.78. The first-order chi connectivity index (χ1) is 16.4. The van der Waals surface area contributed by atoms with Gasteiger partial charge >= 0.3 is 0 Å². The summed E-state index contributed by atoms with van der Waals surface area (Å²) >= 11 is 0. The number of amides is 1. The van der Waals surface area contributed by atoms with Gasteiger partial charge in [-0.2, -0.15) is 0 Å². The van der Waals surface area contributed by atoms with E-state index in [4.69, 9.17) is 5.73 Å². The van der Waals surface area contributed by atoms with Crippen molar-refractivity contribution < 1.29 is 18.7 Å². The van der Waals surface area contributed by atoms with Gasteiger partial charge in [-0.05, 0) is 55.2 Å². The van der Waals surface area contributed by atoms with Crippen LogP contribution in [0.1, 0.15) is 48.0 Å². The number of nitrogens with one attached hydrogen (secondary N) is 1. The average molecular weight is 471 g/mol. The predicted octanol–water partition coefficient (Wildman–Crippen LogP) is 3.25. The molecule has 8 heteroatoms. The molecule has 1 aromatic heterocycles. The number of carbonyl (C=O) groups excluding carboxylic acids is 1. The highest BCUT2D eigenvalue weighted by atomic mass is 19.1. The molecule has 1 amide bonds. The number of halogens is 2. The second-order valence-electron chi connectivity index (χ2n) is 10.2. The molecule has 2 saturated carbocycles. The molecule has 34 heavy (non-hydrogen) atoms. The third-order valence-corrected chi connectivity index (χ3v) is 8.03. The molecule has 182 valence electrons. The third kappa shape index (κ3) is 4.29. The van der Waals surface area contributed by atoms with Gasteiger partial charge in [0.25, 0.3) is 5.91 Å². The van der Waals surface area contributed by atoms with E-state index in [0.29, 0.717) is 30.9 Å². The molecule has 5 rings (SSSR count). The van der Waals surface area contributed by atoms with Gasteiger partial charge in [-0.1, -0.05) is 24.3 Å². The summed E-state index contributed by atoms with van der Waals surface area (Å²) in [6.45, 7) is 0.143. The molecule has 0 bridgehead atoms. The van der Waals surface area contributed by atoms with Crippen LogP contribution in [0.5, 0.6) is 0 Å². The van der Waals surface area contributed by atoms with Gasteiger partial charge in [-0.15, -0.1) is 0 Å². The number of likely N-dealkylation sites (tertiary alicyclic amines) is 1. The zero-order valence-corrected chi connectivity index (χ0v) is 19.2. The van der Waals surface area contributed by atoms with Gasteiger partial charge in [-0.3, -0.25) is 9.69 Å². The summed E-state index contributed by atoms with van der Waals surface area (Å²) in [7, 11) is 0. The number of nitrogens with zero attached hydrogens (tertiary/aromatic N) is 2.